The zero-order valence-electron chi connectivity index (χ0n) is 19.2. The fraction of sp³-hybridized carbons (Fsp3) is 0.476. The van der Waals surface area contributed by atoms with Crippen LogP contribution in [-0.4, -0.2) is 43.8 Å². The quantitative estimate of drug-likeness (QED) is 0.653. The van der Waals surface area contributed by atoms with E-state index in [0.717, 1.165) is 4.57 Å². The SMILES string of the molecule is CCOC(=O)C1=C(C)NC(C)=C(C(=O)OCC)C1c1nc2c(c(=O)n(C)c(=O)n2C)n1C. The molecule has 0 spiro atoms. The van der Waals surface area contributed by atoms with Crippen LogP contribution in [0.1, 0.15) is 39.4 Å². The van der Waals surface area contributed by atoms with E-state index in [1.54, 1.807) is 34.7 Å². The number of nitrogens with zero attached hydrogens (tertiary/aromatic N) is 4. The van der Waals surface area contributed by atoms with Gasteiger partial charge in [-0.25, -0.2) is 19.4 Å². The van der Waals surface area contributed by atoms with Crippen molar-refractivity contribution in [1.29, 1.82) is 0 Å². The standard InChI is InChI=1S/C21H27N5O6/c1-8-31-19(28)12-10(3)22-11(4)13(20(29)32-9-2)14(12)16-23-17-15(24(16)5)18(27)26(7)21(30)25(17)6/h14,22H,8-9H2,1-7H3. The topological polar surface area (TPSA) is 126 Å². The van der Waals surface area contributed by atoms with Crippen molar-refractivity contribution in [2.75, 3.05) is 13.2 Å². The van der Waals surface area contributed by atoms with E-state index in [2.05, 4.69) is 10.3 Å². The number of allylic oxidation sites excluding steroid dienone is 2. The third kappa shape index (κ3) is 3.43. The second-order valence-corrected chi connectivity index (χ2v) is 7.48. The number of aromatic nitrogens is 4. The van der Waals surface area contributed by atoms with E-state index in [0.29, 0.717) is 11.4 Å². The van der Waals surface area contributed by atoms with Gasteiger partial charge in [0.25, 0.3) is 5.56 Å². The van der Waals surface area contributed by atoms with Crippen molar-refractivity contribution >= 4 is 23.1 Å². The lowest BCUT2D eigenvalue weighted by molar-refractivity contribution is -0.139. The smallest absolute Gasteiger partial charge is 0.336 e. The monoisotopic (exact) mass is 445 g/mol. The number of hydrogen-bond acceptors (Lipinski definition) is 8. The molecule has 0 bridgehead atoms. The summed E-state index contributed by atoms with van der Waals surface area (Å²) in [6.45, 7) is 7.03. The molecular formula is C21H27N5O6. The first-order valence-electron chi connectivity index (χ1n) is 10.2. The summed E-state index contributed by atoms with van der Waals surface area (Å²) >= 11 is 0. The number of dihydropyridines is 1. The molecule has 0 unspecified atom stereocenters. The molecule has 1 N–H and O–H groups in total. The molecule has 1 aliphatic heterocycles. The molecule has 0 saturated carbocycles. The number of ether oxygens (including phenoxy) is 2. The largest absolute Gasteiger partial charge is 0.463 e. The molecule has 1 aliphatic rings. The molecule has 11 heteroatoms. The zero-order valence-corrected chi connectivity index (χ0v) is 19.2. The minimum absolute atomic E-state index is 0.136. The Kier molecular flexibility index (Phi) is 6.11. The van der Waals surface area contributed by atoms with Crippen LogP contribution in [-0.2, 0) is 40.2 Å². The van der Waals surface area contributed by atoms with Crippen LogP contribution in [0.5, 0.6) is 0 Å². The third-order valence-corrected chi connectivity index (χ3v) is 5.52. The van der Waals surface area contributed by atoms with Gasteiger partial charge in [-0.3, -0.25) is 13.9 Å². The van der Waals surface area contributed by atoms with E-state index in [1.165, 1.54) is 23.2 Å². The second kappa shape index (κ2) is 8.48. The molecule has 172 valence electrons. The van der Waals surface area contributed by atoms with Gasteiger partial charge in [-0.05, 0) is 27.7 Å². The maximum Gasteiger partial charge on any atom is 0.336 e. The highest BCUT2D eigenvalue weighted by Crippen LogP contribution is 2.39. The number of carbonyl (C=O) groups excluding carboxylic acids is 2. The first kappa shape index (κ1) is 23.0. The van der Waals surface area contributed by atoms with Gasteiger partial charge in [0.1, 0.15) is 5.82 Å². The second-order valence-electron chi connectivity index (χ2n) is 7.48. The van der Waals surface area contributed by atoms with Crippen LogP contribution in [0.2, 0.25) is 0 Å². The first-order chi connectivity index (χ1) is 15.1. The lowest BCUT2D eigenvalue weighted by Gasteiger charge is -2.29. The molecule has 0 saturated heterocycles. The minimum Gasteiger partial charge on any atom is -0.463 e. The molecule has 2 aromatic rings. The molecule has 0 fully saturated rings. The van der Waals surface area contributed by atoms with Crippen LogP contribution in [0.4, 0.5) is 0 Å². The number of nitrogens with one attached hydrogen (secondary N) is 1. The molecule has 0 radical (unpaired) electrons. The maximum atomic E-state index is 12.9. The summed E-state index contributed by atoms with van der Waals surface area (Å²) in [4.78, 5) is 55.7. The molecule has 3 heterocycles. The summed E-state index contributed by atoms with van der Waals surface area (Å²) < 4.78 is 14.3. The van der Waals surface area contributed by atoms with Crippen LogP contribution < -0.4 is 16.6 Å². The highest BCUT2D eigenvalue weighted by atomic mass is 16.5. The van der Waals surface area contributed by atoms with Crippen LogP contribution in [0.3, 0.4) is 0 Å². The Balaban J connectivity index is 2.41. The Labute approximate surface area is 183 Å². The van der Waals surface area contributed by atoms with Crippen molar-refractivity contribution in [2.24, 2.45) is 21.1 Å². The van der Waals surface area contributed by atoms with Gasteiger partial charge in [0.15, 0.2) is 11.2 Å². The van der Waals surface area contributed by atoms with Gasteiger partial charge in [0.2, 0.25) is 0 Å². The van der Waals surface area contributed by atoms with Gasteiger partial charge in [-0.2, -0.15) is 0 Å². The summed E-state index contributed by atoms with van der Waals surface area (Å²) in [6, 6.07) is 0. The Hall–Kier alpha value is -3.63. The van der Waals surface area contributed by atoms with Gasteiger partial charge in [0.05, 0.1) is 30.3 Å². The minimum atomic E-state index is -0.966. The van der Waals surface area contributed by atoms with Gasteiger partial charge < -0.3 is 19.4 Å². The van der Waals surface area contributed by atoms with Crippen LogP contribution in [0.25, 0.3) is 11.2 Å². The highest BCUT2D eigenvalue weighted by molar-refractivity contribution is 5.99. The molecule has 3 rings (SSSR count). The molecule has 11 nitrogen and oxygen atoms in total. The molecule has 0 amide bonds. The van der Waals surface area contributed by atoms with Gasteiger partial charge >= 0.3 is 17.6 Å². The van der Waals surface area contributed by atoms with Crippen molar-refractivity contribution in [3.63, 3.8) is 0 Å². The van der Waals surface area contributed by atoms with E-state index >= 15 is 0 Å². The lowest BCUT2D eigenvalue weighted by atomic mass is 9.84. The van der Waals surface area contributed by atoms with Crippen molar-refractivity contribution in [3.8, 4) is 0 Å². The Morgan fingerprint density at radius 3 is 1.88 bits per heavy atom. The maximum absolute atomic E-state index is 12.9. The third-order valence-electron chi connectivity index (χ3n) is 5.52. The molecule has 2 aromatic heterocycles. The summed E-state index contributed by atoms with van der Waals surface area (Å²) in [6.07, 6.45) is 0. The Bertz CT molecular complexity index is 1270. The van der Waals surface area contributed by atoms with Crippen molar-refractivity contribution in [1.82, 2.24) is 24.0 Å². The van der Waals surface area contributed by atoms with Gasteiger partial charge in [0, 0.05) is 32.5 Å². The molecule has 0 aromatic carbocycles. The van der Waals surface area contributed by atoms with E-state index < -0.39 is 29.1 Å². The van der Waals surface area contributed by atoms with Crippen LogP contribution in [0, 0.1) is 0 Å². The summed E-state index contributed by atoms with van der Waals surface area (Å²) in [5, 5.41) is 3.05. The van der Waals surface area contributed by atoms with Crippen molar-refractivity contribution in [3.05, 3.63) is 49.2 Å². The van der Waals surface area contributed by atoms with E-state index in [-0.39, 0.29) is 41.3 Å². The normalized spacial score (nSPS) is 14.7. The predicted octanol–water partition coefficient (Wildman–Crippen LogP) is 0.332. The Morgan fingerprint density at radius 2 is 1.41 bits per heavy atom. The van der Waals surface area contributed by atoms with Crippen molar-refractivity contribution in [2.45, 2.75) is 33.6 Å². The summed E-state index contributed by atoms with van der Waals surface area (Å²) in [7, 11) is 4.49. The fourth-order valence-corrected chi connectivity index (χ4v) is 4.00. The number of carbonyl (C=O) groups is 2. The van der Waals surface area contributed by atoms with Crippen LogP contribution >= 0.6 is 0 Å². The summed E-state index contributed by atoms with van der Waals surface area (Å²) in [5.41, 5.74) is 0.602. The number of rotatable bonds is 5. The summed E-state index contributed by atoms with van der Waals surface area (Å²) in [5.74, 6) is -1.97. The van der Waals surface area contributed by atoms with Crippen molar-refractivity contribution < 1.29 is 19.1 Å². The van der Waals surface area contributed by atoms with Gasteiger partial charge in [-0.1, -0.05) is 0 Å². The highest BCUT2D eigenvalue weighted by Gasteiger charge is 2.41. The molecule has 32 heavy (non-hydrogen) atoms. The number of imidazole rings is 1. The van der Waals surface area contributed by atoms with E-state index in [1.807, 2.05) is 0 Å². The molecule has 0 atom stereocenters. The lowest BCUT2D eigenvalue weighted by Crippen LogP contribution is -2.37. The zero-order chi connectivity index (χ0) is 23.9. The number of aryl methyl sites for hydroxylation is 2. The first-order valence-corrected chi connectivity index (χ1v) is 10.2. The van der Waals surface area contributed by atoms with E-state index in [4.69, 9.17) is 9.47 Å². The number of esters is 2. The Morgan fingerprint density at radius 1 is 0.906 bits per heavy atom. The number of fused-ring (bicyclic) bond motifs is 1. The molecular weight excluding hydrogens is 418 g/mol. The number of hydrogen-bond donors (Lipinski definition) is 1. The van der Waals surface area contributed by atoms with Gasteiger partial charge in [-0.15, -0.1) is 0 Å². The predicted molar refractivity (Wildman–Crippen MR) is 116 cm³/mol. The van der Waals surface area contributed by atoms with E-state index in [9.17, 15) is 19.2 Å². The average Bonchev–Trinajstić information content (AvgIpc) is 3.07. The average molecular weight is 445 g/mol. The molecule has 0 aliphatic carbocycles. The fourth-order valence-electron chi connectivity index (χ4n) is 4.00. The van der Waals surface area contributed by atoms with Crippen LogP contribution in [0.15, 0.2) is 32.1 Å².